The van der Waals surface area contributed by atoms with Crippen molar-refractivity contribution in [3.05, 3.63) is 134 Å². The molecule has 63 heavy (non-hydrogen) atoms. The predicted molar refractivity (Wildman–Crippen MR) is 260 cm³/mol. The third kappa shape index (κ3) is 13.3. The quantitative estimate of drug-likeness (QED) is 0.0625. The van der Waals surface area contributed by atoms with Gasteiger partial charge in [-0.3, -0.25) is 0 Å². The van der Waals surface area contributed by atoms with E-state index < -0.39 is 7.12 Å². The lowest BCUT2D eigenvalue weighted by Gasteiger charge is -2.08. The Morgan fingerprint density at radius 1 is 0.476 bits per heavy atom. The normalized spacial score (nSPS) is 10.3. The van der Waals surface area contributed by atoms with Crippen molar-refractivity contribution in [3.63, 3.8) is 0 Å². The van der Waals surface area contributed by atoms with Gasteiger partial charge < -0.3 is 44.7 Å². The first-order valence-corrected chi connectivity index (χ1v) is 22.7. The van der Waals surface area contributed by atoms with Crippen LogP contribution in [0.5, 0.6) is 40.2 Å². The number of rotatable bonds is 8. The first-order chi connectivity index (χ1) is 30.1. The van der Waals surface area contributed by atoms with Gasteiger partial charge >= 0.3 is 7.12 Å². The van der Waals surface area contributed by atoms with Crippen LogP contribution in [0.1, 0.15) is 16.7 Å². The van der Waals surface area contributed by atoms with Gasteiger partial charge in [0.15, 0.2) is 38.4 Å². The van der Waals surface area contributed by atoms with E-state index in [0.717, 1.165) is 56.2 Å². The average molecular weight is 1040 g/mol. The largest absolute Gasteiger partial charge is 0.504 e. The van der Waals surface area contributed by atoms with E-state index in [1.807, 2.05) is 31.3 Å². The second-order valence-electron chi connectivity index (χ2n) is 13.4. The van der Waals surface area contributed by atoms with Crippen LogP contribution >= 0.6 is 65.9 Å². The Bertz CT molecular complexity index is 2700. The standard InChI is InChI=1S/C19H19NO2S.C15H11NO4S.C8H11BO3.C3HBr2NS/c1-12-5-6-15(9-13(12)2)19-20-11-18(23-19)14-7-8-16(21-3)17(10-14)22-4;17-10-3-1-8(5-12(10)19)14-7-16-15(21-14)9-2-4-11(18)13(20)6-9;1-6-3-4-7(9(10)11)5-8(6)12-2;4-2-1-6-3(5)7-2/h5-11H,1-4H3;1-7,17-20H;3-5,10-11H,1-2H3;1H. The molecule has 6 N–H and O–H groups in total. The zero-order chi connectivity index (χ0) is 45.8. The van der Waals surface area contributed by atoms with Gasteiger partial charge in [-0.25, -0.2) is 15.0 Å². The van der Waals surface area contributed by atoms with E-state index in [1.165, 1.54) is 46.7 Å². The summed E-state index contributed by atoms with van der Waals surface area (Å²) >= 11 is 11.1. The fraction of sp³-hybridized carbons (Fsp3) is 0.133. The molecule has 0 amide bonds. The Hall–Kier alpha value is -5.47. The van der Waals surface area contributed by atoms with Crippen molar-refractivity contribution in [2.75, 3.05) is 21.3 Å². The summed E-state index contributed by atoms with van der Waals surface area (Å²) in [6, 6.07) is 26.5. The molecule has 0 radical (unpaired) electrons. The predicted octanol–water partition coefficient (Wildman–Crippen LogP) is 10.8. The van der Waals surface area contributed by atoms with Crippen molar-refractivity contribution in [2.24, 2.45) is 0 Å². The zero-order valence-electron chi connectivity index (χ0n) is 34.7. The number of nitrogens with zero attached hydrogens (tertiary/aromatic N) is 3. The molecule has 0 saturated heterocycles. The summed E-state index contributed by atoms with van der Waals surface area (Å²) in [4.78, 5) is 14.7. The van der Waals surface area contributed by atoms with Gasteiger partial charge in [-0.1, -0.05) is 24.3 Å². The van der Waals surface area contributed by atoms with Gasteiger partial charge in [0.05, 0.1) is 41.1 Å². The van der Waals surface area contributed by atoms with E-state index in [9.17, 15) is 20.4 Å². The number of ether oxygens (including phenoxy) is 3. The van der Waals surface area contributed by atoms with Crippen LogP contribution in [0.4, 0.5) is 0 Å². The maximum atomic E-state index is 9.53. The fourth-order valence-corrected chi connectivity index (χ4v) is 9.54. The monoisotopic (exact) mass is 1030 g/mol. The Kier molecular flexibility index (Phi) is 17.5. The Morgan fingerprint density at radius 3 is 1.48 bits per heavy atom. The minimum Gasteiger partial charge on any atom is -0.504 e. The molecule has 0 atom stereocenters. The number of phenolic OH excluding ortho intramolecular Hbond substituents is 4. The fourth-order valence-electron chi connectivity index (χ4n) is 5.51. The van der Waals surface area contributed by atoms with E-state index in [-0.39, 0.29) is 23.0 Å². The molecule has 0 bridgehead atoms. The van der Waals surface area contributed by atoms with Crippen molar-refractivity contribution < 1.29 is 44.7 Å². The summed E-state index contributed by atoms with van der Waals surface area (Å²) in [6.07, 6.45) is 5.32. The first-order valence-electron chi connectivity index (χ1n) is 18.6. The van der Waals surface area contributed by atoms with E-state index >= 15 is 0 Å². The molecule has 0 fully saturated rings. The van der Waals surface area contributed by atoms with Crippen LogP contribution < -0.4 is 19.7 Å². The molecule has 0 spiro atoms. The number of methoxy groups -OCH3 is 3. The van der Waals surface area contributed by atoms with Crippen LogP contribution in [0.3, 0.4) is 0 Å². The lowest BCUT2D eigenvalue weighted by Crippen LogP contribution is -2.29. The molecule has 3 heterocycles. The number of aromatic nitrogens is 3. The van der Waals surface area contributed by atoms with E-state index in [0.29, 0.717) is 21.8 Å². The number of phenols is 4. The Labute approximate surface area is 393 Å². The van der Waals surface area contributed by atoms with E-state index in [2.05, 4.69) is 78.9 Å². The summed E-state index contributed by atoms with van der Waals surface area (Å²) < 4.78 is 17.7. The van der Waals surface area contributed by atoms with E-state index in [4.69, 9.17) is 24.3 Å². The number of hydrogen-bond acceptors (Lipinski definition) is 15. The molecular weight excluding hydrogens is 993 g/mol. The molecule has 8 aromatic rings. The smallest absolute Gasteiger partial charge is 0.488 e. The molecule has 12 nitrogen and oxygen atoms in total. The number of benzene rings is 5. The third-order valence-corrected chi connectivity index (χ3v) is 13.2. The van der Waals surface area contributed by atoms with Crippen LogP contribution in [-0.4, -0.2) is 73.9 Å². The highest BCUT2D eigenvalue weighted by Gasteiger charge is 2.14. The molecule has 3 aromatic heterocycles. The Morgan fingerprint density at radius 2 is 0.984 bits per heavy atom. The highest BCUT2D eigenvalue weighted by Crippen LogP contribution is 2.39. The molecule has 0 aliphatic rings. The topological polar surface area (TPSA) is 188 Å². The van der Waals surface area contributed by atoms with Crippen LogP contribution in [0.25, 0.3) is 42.0 Å². The van der Waals surface area contributed by atoms with Crippen LogP contribution in [0, 0.1) is 20.8 Å². The lowest BCUT2D eigenvalue weighted by atomic mass is 9.80. The maximum absolute atomic E-state index is 9.53. The molecule has 0 unspecified atom stereocenters. The third-order valence-electron chi connectivity index (χ3n) is 9.10. The van der Waals surface area contributed by atoms with Crippen LogP contribution in [0.15, 0.2) is 117 Å². The van der Waals surface area contributed by atoms with Crippen molar-refractivity contribution in [3.8, 4) is 82.3 Å². The number of aromatic hydroxyl groups is 4. The maximum Gasteiger partial charge on any atom is 0.488 e. The second-order valence-corrected chi connectivity index (χ2v) is 19.1. The van der Waals surface area contributed by atoms with Crippen LogP contribution in [0.2, 0.25) is 0 Å². The van der Waals surface area contributed by atoms with Crippen molar-refractivity contribution in [2.45, 2.75) is 20.8 Å². The van der Waals surface area contributed by atoms with Crippen molar-refractivity contribution >= 4 is 78.5 Å². The number of halogens is 2. The minimum absolute atomic E-state index is 0.174. The average Bonchev–Trinajstić information content (AvgIpc) is 4.06. The summed E-state index contributed by atoms with van der Waals surface area (Å²) in [7, 11) is 3.41. The molecule has 0 saturated carbocycles. The zero-order valence-corrected chi connectivity index (χ0v) is 40.3. The number of aryl methyl sites for hydroxylation is 3. The van der Waals surface area contributed by atoms with E-state index in [1.54, 1.807) is 86.7 Å². The van der Waals surface area contributed by atoms with Crippen LogP contribution in [-0.2, 0) is 0 Å². The summed E-state index contributed by atoms with van der Waals surface area (Å²) in [5.41, 5.74) is 7.65. The molecule has 0 aliphatic carbocycles. The van der Waals surface area contributed by atoms with Crippen molar-refractivity contribution in [1.82, 2.24) is 15.0 Å². The SMILES string of the molecule is Brc1cnc(Br)s1.COc1cc(B(O)O)ccc1C.COc1ccc(-c2cnc(-c3ccc(C)c(C)c3)s2)cc1OC.Oc1ccc(-c2cnc(-c3ccc(O)c(O)c3)s2)cc1O. The van der Waals surface area contributed by atoms with Gasteiger partial charge in [0.25, 0.3) is 0 Å². The molecular formula is C45H42BBr2N3O9S3. The number of thiazole rings is 3. The molecule has 8 rings (SSSR count). The number of hydrogen-bond donors (Lipinski definition) is 6. The van der Waals surface area contributed by atoms with Gasteiger partial charge in [0.2, 0.25) is 0 Å². The second kappa shape index (κ2) is 22.8. The van der Waals surface area contributed by atoms with Gasteiger partial charge in [0.1, 0.15) is 15.8 Å². The summed E-state index contributed by atoms with van der Waals surface area (Å²) in [5, 5.41) is 57.0. The highest BCUT2D eigenvalue weighted by atomic mass is 79.9. The lowest BCUT2D eigenvalue weighted by molar-refractivity contribution is 0.355. The minimum atomic E-state index is -1.43. The summed E-state index contributed by atoms with van der Waals surface area (Å²) in [6.45, 7) is 6.14. The Balaban J connectivity index is 0.000000171. The van der Waals surface area contributed by atoms with Crippen molar-refractivity contribution in [1.29, 1.82) is 0 Å². The molecule has 0 aliphatic heterocycles. The summed E-state index contributed by atoms with van der Waals surface area (Å²) in [5.74, 6) is 1.38. The van der Waals surface area contributed by atoms with Gasteiger partial charge in [-0.15, -0.1) is 34.0 Å². The van der Waals surface area contributed by atoms with Gasteiger partial charge in [-0.2, -0.15) is 0 Å². The first kappa shape index (κ1) is 48.6. The molecule has 18 heteroatoms. The molecule has 5 aromatic carbocycles. The van der Waals surface area contributed by atoms with Gasteiger partial charge in [-0.05, 0) is 153 Å². The van der Waals surface area contributed by atoms with Gasteiger partial charge in [0, 0.05) is 23.5 Å². The highest BCUT2D eigenvalue weighted by molar-refractivity contribution is 9.12. The molecule has 326 valence electrons.